The number of nitrogens with zero attached hydrogens (tertiary/aromatic N) is 2. The molecule has 0 saturated carbocycles. The first-order valence-electron chi connectivity index (χ1n) is 6.08. The fraction of sp³-hybridized carbons (Fsp3) is 0.214. The predicted molar refractivity (Wildman–Crippen MR) is 83.5 cm³/mol. The molecule has 0 spiro atoms. The first kappa shape index (κ1) is 12.8. The number of benzene rings is 1. The summed E-state index contributed by atoms with van der Waals surface area (Å²) in [5.74, 6) is 0. The van der Waals surface area contributed by atoms with Gasteiger partial charge in [-0.15, -0.1) is 11.3 Å². The number of halogens is 1. The maximum Gasteiger partial charge on any atom is 0.102 e. The molecule has 0 amide bonds. The molecule has 0 fully saturated rings. The van der Waals surface area contributed by atoms with Gasteiger partial charge in [0.1, 0.15) is 6.04 Å². The number of hydrogen-bond donors (Lipinski definition) is 1. The molecule has 0 aliphatic carbocycles. The van der Waals surface area contributed by atoms with Crippen molar-refractivity contribution in [2.75, 3.05) is 0 Å². The van der Waals surface area contributed by atoms with Gasteiger partial charge in [-0.25, -0.2) is 0 Å². The van der Waals surface area contributed by atoms with E-state index < -0.39 is 0 Å². The Balaban J connectivity index is 2.15. The first-order chi connectivity index (χ1) is 9.16. The topological polar surface area (TPSA) is 43.8 Å². The van der Waals surface area contributed by atoms with Crippen molar-refractivity contribution in [3.05, 3.63) is 51.3 Å². The third-order valence-corrected chi connectivity index (χ3v) is 4.91. The predicted octanol–water partition coefficient (Wildman–Crippen LogP) is 3.80. The first-order valence-corrected chi connectivity index (χ1v) is 7.76. The average Bonchev–Trinajstić information content (AvgIpc) is 2.98. The van der Waals surface area contributed by atoms with E-state index in [1.165, 1.54) is 4.88 Å². The second-order valence-corrected chi connectivity index (χ2v) is 6.48. The van der Waals surface area contributed by atoms with E-state index in [1.54, 1.807) is 11.3 Å². The molecule has 98 valence electrons. The lowest BCUT2D eigenvalue weighted by Gasteiger charge is -2.21. The van der Waals surface area contributed by atoms with Crippen molar-refractivity contribution in [2.45, 2.75) is 19.0 Å². The Morgan fingerprint density at radius 2 is 2.16 bits per heavy atom. The molecule has 0 saturated heterocycles. The zero-order chi connectivity index (χ0) is 13.4. The molecule has 2 heterocycles. The Morgan fingerprint density at radius 1 is 1.37 bits per heavy atom. The molecular formula is C14H14BrN3S. The summed E-state index contributed by atoms with van der Waals surface area (Å²) in [4.78, 5) is 1.22. The molecule has 0 aliphatic heterocycles. The summed E-state index contributed by atoms with van der Waals surface area (Å²) in [6, 6.07) is 10.4. The maximum atomic E-state index is 6.19. The molecular weight excluding hydrogens is 322 g/mol. The van der Waals surface area contributed by atoms with Crippen LogP contribution >= 0.6 is 27.3 Å². The molecule has 3 aromatic rings. The van der Waals surface area contributed by atoms with Crippen LogP contribution in [0.5, 0.6) is 0 Å². The molecule has 2 atom stereocenters. The lowest BCUT2D eigenvalue weighted by atomic mass is 10.1. The molecule has 2 unspecified atom stereocenters. The summed E-state index contributed by atoms with van der Waals surface area (Å²) < 4.78 is 3.12. The van der Waals surface area contributed by atoms with Crippen molar-refractivity contribution >= 4 is 38.2 Å². The molecule has 1 aromatic carbocycles. The second-order valence-electron chi connectivity index (χ2n) is 4.62. The van der Waals surface area contributed by atoms with Gasteiger partial charge in [-0.3, -0.25) is 4.68 Å². The second kappa shape index (κ2) is 5.07. The maximum absolute atomic E-state index is 6.19. The van der Waals surface area contributed by atoms with Gasteiger partial charge >= 0.3 is 0 Å². The molecule has 5 heteroatoms. The van der Waals surface area contributed by atoms with Crippen LogP contribution in [0.2, 0.25) is 0 Å². The molecule has 2 aromatic heterocycles. The highest BCUT2D eigenvalue weighted by Crippen LogP contribution is 2.31. The van der Waals surface area contributed by atoms with Gasteiger partial charge < -0.3 is 5.73 Å². The average molecular weight is 336 g/mol. The monoisotopic (exact) mass is 335 g/mol. The van der Waals surface area contributed by atoms with Crippen LogP contribution in [0.15, 0.2) is 46.4 Å². The van der Waals surface area contributed by atoms with E-state index in [1.807, 2.05) is 29.9 Å². The highest BCUT2D eigenvalue weighted by atomic mass is 79.9. The molecule has 19 heavy (non-hydrogen) atoms. The molecule has 3 rings (SSSR count). The summed E-state index contributed by atoms with van der Waals surface area (Å²) in [6.45, 7) is 2.02. The van der Waals surface area contributed by atoms with E-state index in [-0.39, 0.29) is 12.1 Å². The highest BCUT2D eigenvalue weighted by molar-refractivity contribution is 9.10. The van der Waals surface area contributed by atoms with Crippen LogP contribution < -0.4 is 5.73 Å². The number of fused-ring (bicyclic) bond motifs is 1. The quantitative estimate of drug-likeness (QED) is 0.791. The van der Waals surface area contributed by atoms with Crippen LogP contribution in [0.25, 0.3) is 10.9 Å². The fourth-order valence-electron chi connectivity index (χ4n) is 2.30. The summed E-state index contributed by atoms with van der Waals surface area (Å²) in [5, 5.41) is 7.75. The van der Waals surface area contributed by atoms with Gasteiger partial charge in [0.25, 0.3) is 0 Å². The van der Waals surface area contributed by atoms with E-state index >= 15 is 0 Å². The fourth-order valence-corrected chi connectivity index (χ4v) is 3.94. The van der Waals surface area contributed by atoms with Crippen LogP contribution in [-0.2, 0) is 0 Å². The molecule has 0 bridgehead atoms. The Bertz CT molecular complexity index is 701. The van der Waals surface area contributed by atoms with Crippen LogP contribution in [-0.4, -0.2) is 15.8 Å². The van der Waals surface area contributed by atoms with Crippen LogP contribution in [0.4, 0.5) is 0 Å². The van der Waals surface area contributed by atoms with Gasteiger partial charge in [-0.05, 0) is 35.0 Å². The summed E-state index contributed by atoms with van der Waals surface area (Å²) in [5.41, 5.74) is 7.31. The zero-order valence-corrected chi connectivity index (χ0v) is 12.9. The number of hydrogen-bond acceptors (Lipinski definition) is 3. The lowest BCUT2D eigenvalue weighted by molar-refractivity contribution is 0.473. The van der Waals surface area contributed by atoms with Crippen LogP contribution in [0.1, 0.15) is 17.8 Å². The van der Waals surface area contributed by atoms with Crippen molar-refractivity contribution in [3.63, 3.8) is 0 Å². The van der Waals surface area contributed by atoms with Crippen molar-refractivity contribution in [2.24, 2.45) is 5.73 Å². The van der Waals surface area contributed by atoms with Crippen molar-refractivity contribution in [1.82, 2.24) is 9.78 Å². The molecule has 0 radical (unpaired) electrons. The largest absolute Gasteiger partial charge is 0.326 e. The number of para-hydroxylation sites is 1. The van der Waals surface area contributed by atoms with Gasteiger partial charge in [0.2, 0.25) is 0 Å². The van der Waals surface area contributed by atoms with Gasteiger partial charge in [0, 0.05) is 26.2 Å². The number of aromatic nitrogens is 2. The van der Waals surface area contributed by atoms with Gasteiger partial charge in [0.05, 0.1) is 11.7 Å². The van der Waals surface area contributed by atoms with E-state index in [9.17, 15) is 0 Å². The van der Waals surface area contributed by atoms with Gasteiger partial charge in [0.15, 0.2) is 0 Å². The van der Waals surface area contributed by atoms with Crippen LogP contribution in [0.3, 0.4) is 0 Å². The number of rotatable bonds is 3. The molecule has 2 N–H and O–H groups in total. The Hall–Kier alpha value is -1.17. The van der Waals surface area contributed by atoms with Gasteiger partial charge in [-0.1, -0.05) is 18.2 Å². The highest BCUT2D eigenvalue weighted by Gasteiger charge is 2.22. The number of nitrogens with two attached hydrogens (primary N) is 1. The van der Waals surface area contributed by atoms with E-state index in [0.717, 1.165) is 15.4 Å². The minimum atomic E-state index is -0.00569. The SMILES string of the molecule is CC(N)C(c1cc(Br)cs1)n1ncc2ccccc21. The van der Waals surface area contributed by atoms with Gasteiger partial charge in [-0.2, -0.15) is 5.10 Å². The summed E-state index contributed by atoms with van der Waals surface area (Å²) in [6.07, 6.45) is 1.90. The van der Waals surface area contributed by atoms with Crippen LogP contribution in [0, 0.1) is 0 Å². The third-order valence-electron chi connectivity index (χ3n) is 3.15. The van der Waals surface area contributed by atoms with E-state index in [0.29, 0.717) is 0 Å². The Labute approximate surface area is 124 Å². The molecule has 0 aliphatic rings. The summed E-state index contributed by atoms with van der Waals surface area (Å²) in [7, 11) is 0. The standard InChI is InChI=1S/C14H14BrN3S/c1-9(16)14(13-6-11(15)8-19-13)18-12-5-3-2-4-10(12)7-17-18/h2-9,14H,16H2,1H3. The Kier molecular flexibility index (Phi) is 3.43. The third kappa shape index (κ3) is 2.33. The zero-order valence-electron chi connectivity index (χ0n) is 10.5. The lowest BCUT2D eigenvalue weighted by Crippen LogP contribution is -2.30. The Morgan fingerprint density at radius 3 is 2.84 bits per heavy atom. The number of thiophene rings is 1. The van der Waals surface area contributed by atoms with Crippen molar-refractivity contribution < 1.29 is 0 Å². The van der Waals surface area contributed by atoms with Crippen molar-refractivity contribution in [1.29, 1.82) is 0 Å². The smallest absolute Gasteiger partial charge is 0.102 e. The summed E-state index contributed by atoms with van der Waals surface area (Å²) >= 11 is 5.21. The van der Waals surface area contributed by atoms with Crippen molar-refractivity contribution in [3.8, 4) is 0 Å². The minimum absolute atomic E-state index is 0.00569. The minimum Gasteiger partial charge on any atom is -0.326 e. The van der Waals surface area contributed by atoms with E-state index in [4.69, 9.17) is 5.73 Å². The normalized spacial score (nSPS) is 14.7. The van der Waals surface area contributed by atoms with E-state index in [2.05, 4.69) is 44.6 Å². The molecule has 3 nitrogen and oxygen atoms in total.